The van der Waals surface area contributed by atoms with Gasteiger partial charge in [-0.15, -0.1) is 0 Å². The van der Waals surface area contributed by atoms with E-state index in [1.54, 1.807) is 17.0 Å². The number of nitrogens with zero attached hydrogens (tertiary/aromatic N) is 3. The zero-order chi connectivity index (χ0) is 18.1. The molecule has 0 saturated carbocycles. The van der Waals surface area contributed by atoms with Gasteiger partial charge in [-0.2, -0.15) is 5.10 Å². The van der Waals surface area contributed by atoms with Crippen molar-refractivity contribution in [3.63, 3.8) is 0 Å². The Balaban J connectivity index is 1.72. The topological polar surface area (TPSA) is 58.4 Å². The molecule has 3 rings (SSSR count). The summed E-state index contributed by atoms with van der Waals surface area (Å²) in [5.74, 6) is -0.295. The van der Waals surface area contributed by atoms with Crippen molar-refractivity contribution in [3.8, 4) is 0 Å². The maximum Gasteiger partial charge on any atom is 0.223 e. The van der Waals surface area contributed by atoms with Gasteiger partial charge in [-0.3, -0.25) is 9.48 Å². The quantitative estimate of drug-likeness (QED) is 0.926. The van der Waals surface area contributed by atoms with Crippen molar-refractivity contribution in [1.29, 1.82) is 0 Å². The summed E-state index contributed by atoms with van der Waals surface area (Å²) in [5.41, 5.74) is 3.99. The molecule has 0 unspecified atom stereocenters. The summed E-state index contributed by atoms with van der Waals surface area (Å²) >= 11 is 0. The van der Waals surface area contributed by atoms with E-state index in [9.17, 15) is 14.3 Å². The van der Waals surface area contributed by atoms with Gasteiger partial charge in [-0.1, -0.05) is 12.1 Å². The number of hydrogen-bond acceptors (Lipinski definition) is 3. The maximum atomic E-state index is 13.2. The second-order valence-electron chi connectivity index (χ2n) is 6.78. The molecule has 1 aliphatic rings. The SMILES string of the molecule is Cc1nn(C)c(C)c1CCC(=O)N1C[C@H](O)C[C@H]1c1ccc(F)cc1. The highest BCUT2D eigenvalue weighted by Crippen LogP contribution is 2.33. The Morgan fingerprint density at radius 1 is 1.32 bits per heavy atom. The number of aryl methyl sites for hydroxylation is 2. The summed E-state index contributed by atoms with van der Waals surface area (Å²) in [5, 5.41) is 14.4. The van der Waals surface area contributed by atoms with Crippen molar-refractivity contribution in [2.75, 3.05) is 6.54 Å². The highest BCUT2D eigenvalue weighted by atomic mass is 19.1. The van der Waals surface area contributed by atoms with E-state index in [2.05, 4.69) is 5.10 Å². The predicted octanol–water partition coefficient (Wildman–Crippen LogP) is 2.44. The van der Waals surface area contributed by atoms with Crippen molar-refractivity contribution >= 4 is 5.91 Å². The summed E-state index contributed by atoms with van der Waals surface area (Å²) in [6.07, 6.45) is 0.952. The van der Waals surface area contributed by atoms with Crippen LogP contribution in [0.2, 0.25) is 0 Å². The lowest BCUT2D eigenvalue weighted by Gasteiger charge is -2.25. The lowest BCUT2D eigenvalue weighted by molar-refractivity contribution is -0.132. The van der Waals surface area contributed by atoms with Gasteiger partial charge in [0.15, 0.2) is 0 Å². The van der Waals surface area contributed by atoms with Gasteiger partial charge in [-0.05, 0) is 49.9 Å². The molecule has 1 aromatic heterocycles. The lowest BCUT2D eigenvalue weighted by Crippen LogP contribution is -2.32. The molecule has 1 aliphatic heterocycles. The smallest absolute Gasteiger partial charge is 0.223 e. The first kappa shape index (κ1) is 17.6. The fourth-order valence-electron chi connectivity index (χ4n) is 3.65. The van der Waals surface area contributed by atoms with Crippen molar-refractivity contribution in [2.24, 2.45) is 7.05 Å². The van der Waals surface area contributed by atoms with E-state index in [0.29, 0.717) is 25.8 Å². The zero-order valence-electron chi connectivity index (χ0n) is 14.9. The third kappa shape index (κ3) is 3.58. The minimum Gasteiger partial charge on any atom is -0.391 e. The number of halogens is 1. The van der Waals surface area contributed by atoms with Crippen LogP contribution in [0.25, 0.3) is 0 Å². The number of likely N-dealkylation sites (tertiary alicyclic amines) is 1. The third-order valence-corrected chi connectivity index (χ3v) is 5.10. The first-order chi connectivity index (χ1) is 11.9. The number of carbonyl (C=O) groups is 1. The molecule has 6 heteroatoms. The first-order valence-corrected chi connectivity index (χ1v) is 8.59. The molecule has 5 nitrogen and oxygen atoms in total. The van der Waals surface area contributed by atoms with Crippen LogP contribution in [0, 0.1) is 19.7 Å². The zero-order valence-corrected chi connectivity index (χ0v) is 14.9. The molecule has 2 atom stereocenters. The van der Waals surface area contributed by atoms with Gasteiger partial charge >= 0.3 is 0 Å². The average molecular weight is 345 g/mol. The van der Waals surface area contributed by atoms with Crippen LogP contribution >= 0.6 is 0 Å². The summed E-state index contributed by atoms with van der Waals surface area (Å²) in [6, 6.07) is 5.97. The van der Waals surface area contributed by atoms with Crippen LogP contribution in [-0.2, 0) is 18.3 Å². The van der Waals surface area contributed by atoms with Gasteiger partial charge in [0.05, 0.1) is 17.8 Å². The number of β-amino-alcohol motifs (C(OH)–C–C–N with tert-alkyl or cyclic N) is 1. The van der Waals surface area contributed by atoms with Gasteiger partial charge < -0.3 is 10.0 Å². The van der Waals surface area contributed by atoms with Gasteiger partial charge in [0.1, 0.15) is 5.82 Å². The van der Waals surface area contributed by atoms with Crippen LogP contribution in [0.5, 0.6) is 0 Å². The summed E-state index contributed by atoms with van der Waals surface area (Å²) in [6.45, 7) is 4.28. The van der Waals surface area contributed by atoms with Crippen molar-refractivity contribution in [1.82, 2.24) is 14.7 Å². The van der Waals surface area contributed by atoms with E-state index < -0.39 is 6.10 Å². The standard InChI is InChI=1S/C19H24FN3O2/c1-12-17(13(2)22(3)21-12)8-9-19(25)23-11-16(24)10-18(23)14-4-6-15(20)7-5-14/h4-7,16,18,24H,8-11H2,1-3H3/t16-,18+/m1/s1. The van der Waals surface area contributed by atoms with Crippen LogP contribution in [0.15, 0.2) is 24.3 Å². The molecule has 2 heterocycles. The predicted molar refractivity (Wildman–Crippen MR) is 92.5 cm³/mol. The second kappa shape index (κ2) is 6.96. The van der Waals surface area contributed by atoms with Crippen LogP contribution < -0.4 is 0 Å². The molecule has 0 radical (unpaired) electrons. The number of rotatable bonds is 4. The first-order valence-electron chi connectivity index (χ1n) is 8.59. The largest absolute Gasteiger partial charge is 0.391 e. The van der Waals surface area contributed by atoms with Gasteiger partial charge in [-0.25, -0.2) is 4.39 Å². The number of aliphatic hydroxyl groups excluding tert-OH is 1. The maximum absolute atomic E-state index is 13.2. The monoisotopic (exact) mass is 345 g/mol. The summed E-state index contributed by atoms with van der Waals surface area (Å²) in [4.78, 5) is 14.5. The number of amides is 1. The van der Waals surface area contributed by atoms with Gasteiger partial charge in [0.2, 0.25) is 5.91 Å². The van der Waals surface area contributed by atoms with E-state index in [1.807, 2.05) is 25.6 Å². The minimum atomic E-state index is -0.541. The van der Waals surface area contributed by atoms with Gasteiger partial charge in [0, 0.05) is 25.7 Å². The Bertz CT molecular complexity index is 770. The Labute approximate surface area is 147 Å². The van der Waals surface area contributed by atoms with Gasteiger partial charge in [0.25, 0.3) is 0 Å². The number of hydrogen-bond donors (Lipinski definition) is 1. The molecule has 2 aromatic rings. The molecule has 1 amide bonds. The van der Waals surface area contributed by atoms with Crippen molar-refractivity contribution < 1.29 is 14.3 Å². The number of benzene rings is 1. The van der Waals surface area contributed by atoms with E-state index in [0.717, 1.165) is 22.5 Å². The molecule has 1 N–H and O–H groups in total. The number of aromatic nitrogens is 2. The van der Waals surface area contributed by atoms with Crippen LogP contribution in [0.4, 0.5) is 4.39 Å². The van der Waals surface area contributed by atoms with Crippen LogP contribution in [0.3, 0.4) is 0 Å². The van der Waals surface area contributed by atoms with E-state index >= 15 is 0 Å². The van der Waals surface area contributed by atoms with Crippen molar-refractivity contribution in [3.05, 3.63) is 52.6 Å². The van der Waals surface area contributed by atoms with Crippen LogP contribution in [0.1, 0.15) is 41.4 Å². The minimum absolute atomic E-state index is 0.00790. The lowest BCUT2D eigenvalue weighted by atomic mass is 10.0. The molecule has 134 valence electrons. The van der Waals surface area contributed by atoms with Crippen LogP contribution in [-0.4, -0.2) is 38.3 Å². The molecule has 0 aliphatic carbocycles. The third-order valence-electron chi connectivity index (χ3n) is 5.10. The molecular formula is C19H24FN3O2. The second-order valence-corrected chi connectivity index (χ2v) is 6.78. The molecule has 1 fully saturated rings. The fourth-order valence-corrected chi connectivity index (χ4v) is 3.65. The highest BCUT2D eigenvalue weighted by molar-refractivity contribution is 5.77. The van der Waals surface area contributed by atoms with Crippen molar-refractivity contribution in [2.45, 2.75) is 45.3 Å². The molecule has 25 heavy (non-hydrogen) atoms. The fraction of sp³-hybridized carbons (Fsp3) is 0.474. The average Bonchev–Trinajstić information content (AvgIpc) is 3.07. The highest BCUT2D eigenvalue weighted by Gasteiger charge is 2.35. The Kier molecular flexibility index (Phi) is 4.90. The van der Waals surface area contributed by atoms with E-state index in [-0.39, 0.29) is 17.8 Å². The molecule has 1 aromatic carbocycles. The molecule has 0 bridgehead atoms. The number of aliphatic hydroxyl groups is 1. The Morgan fingerprint density at radius 3 is 2.60 bits per heavy atom. The Morgan fingerprint density at radius 2 is 2.00 bits per heavy atom. The molecule has 1 saturated heterocycles. The summed E-state index contributed by atoms with van der Waals surface area (Å²) in [7, 11) is 1.90. The summed E-state index contributed by atoms with van der Waals surface area (Å²) < 4.78 is 15.0. The normalized spacial score (nSPS) is 20.3. The number of carbonyl (C=O) groups excluding carboxylic acids is 1. The molecular weight excluding hydrogens is 321 g/mol. The van der Waals surface area contributed by atoms with E-state index in [4.69, 9.17) is 0 Å². The van der Waals surface area contributed by atoms with E-state index in [1.165, 1.54) is 12.1 Å². The molecule has 0 spiro atoms. The Hall–Kier alpha value is -2.21.